The Morgan fingerprint density at radius 1 is 1.45 bits per heavy atom. The van der Waals surface area contributed by atoms with Crippen molar-refractivity contribution in [3.05, 3.63) is 51.7 Å². The molecule has 2 aromatic heterocycles. The Morgan fingerprint density at radius 2 is 2.30 bits per heavy atom. The van der Waals surface area contributed by atoms with Gasteiger partial charge in [-0.25, -0.2) is 9.37 Å². The van der Waals surface area contributed by atoms with Crippen LogP contribution >= 0.6 is 11.3 Å². The highest BCUT2D eigenvalue weighted by atomic mass is 32.1. The molecule has 20 heavy (non-hydrogen) atoms. The second-order valence-corrected chi connectivity index (χ2v) is 5.33. The third kappa shape index (κ3) is 2.22. The number of aromatic nitrogens is 2. The van der Waals surface area contributed by atoms with Crippen LogP contribution in [0.5, 0.6) is 0 Å². The summed E-state index contributed by atoms with van der Waals surface area (Å²) in [6.07, 6.45) is 1.80. The van der Waals surface area contributed by atoms with Crippen LogP contribution in [0.4, 0.5) is 4.39 Å². The molecule has 0 radical (unpaired) electrons. The van der Waals surface area contributed by atoms with Crippen molar-refractivity contribution in [2.75, 3.05) is 0 Å². The summed E-state index contributed by atoms with van der Waals surface area (Å²) >= 11 is 1.57. The zero-order valence-corrected chi connectivity index (χ0v) is 11.5. The predicted molar refractivity (Wildman–Crippen MR) is 78.6 cm³/mol. The number of allylic oxidation sites excluding steroid dienone is 1. The third-order valence-corrected chi connectivity index (χ3v) is 3.96. The Bertz CT molecular complexity index is 852. The van der Waals surface area contributed by atoms with E-state index in [9.17, 15) is 9.65 Å². The SMILES string of the molecule is Cc1ccsc1/C=C(/C#N)c1nc2ccc(F)cc2[nH]1. The number of fused-ring (bicyclic) bond motifs is 1. The Hall–Kier alpha value is -2.45. The van der Waals surface area contributed by atoms with E-state index >= 15 is 0 Å². The Morgan fingerprint density at radius 3 is 3.00 bits per heavy atom. The molecule has 0 aliphatic rings. The van der Waals surface area contributed by atoms with E-state index in [-0.39, 0.29) is 5.82 Å². The number of imidazole rings is 1. The second-order valence-electron chi connectivity index (χ2n) is 4.38. The first-order valence-electron chi connectivity index (χ1n) is 5.99. The number of H-pyrrole nitrogens is 1. The summed E-state index contributed by atoms with van der Waals surface area (Å²) in [4.78, 5) is 8.33. The van der Waals surface area contributed by atoms with E-state index in [0.29, 0.717) is 22.4 Å². The average Bonchev–Trinajstić information content (AvgIpc) is 3.01. The fraction of sp³-hybridized carbons (Fsp3) is 0.0667. The van der Waals surface area contributed by atoms with Crippen molar-refractivity contribution >= 4 is 34.0 Å². The molecule has 0 saturated heterocycles. The summed E-state index contributed by atoms with van der Waals surface area (Å²) in [5.41, 5.74) is 2.78. The van der Waals surface area contributed by atoms with Crippen LogP contribution in [0.1, 0.15) is 16.3 Å². The van der Waals surface area contributed by atoms with Gasteiger partial charge in [0, 0.05) is 4.88 Å². The predicted octanol–water partition coefficient (Wildman–Crippen LogP) is 4.14. The van der Waals surface area contributed by atoms with Gasteiger partial charge in [-0.1, -0.05) is 0 Å². The molecule has 1 aromatic carbocycles. The maximum atomic E-state index is 13.2. The summed E-state index contributed by atoms with van der Waals surface area (Å²) < 4.78 is 13.2. The minimum Gasteiger partial charge on any atom is -0.337 e. The number of aromatic amines is 1. The van der Waals surface area contributed by atoms with Crippen molar-refractivity contribution in [1.29, 1.82) is 5.26 Å². The summed E-state index contributed by atoms with van der Waals surface area (Å²) in [6, 6.07) is 8.46. The van der Waals surface area contributed by atoms with Gasteiger partial charge in [0.25, 0.3) is 0 Å². The van der Waals surface area contributed by atoms with Crippen LogP contribution in [0.2, 0.25) is 0 Å². The second kappa shape index (κ2) is 4.91. The fourth-order valence-corrected chi connectivity index (χ4v) is 2.79. The molecule has 3 rings (SSSR count). The molecule has 0 bridgehead atoms. The molecule has 3 nitrogen and oxygen atoms in total. The van der Waals surface area contributed by atoms with Gasteiger partial charge >= 0.3 is 0 Å². The van der Waals surface area contributed by atoms with Crippen LogP contribution in [0, 0.1) is 24.1 Å². The number of thiophene rings is 1. The number of aryl methyl sites for hydroxylation is 1. The first-order chi connectivity index (χ1) is 9.67. The molecular weight excluding hydrogens is 273 g/mol. The highest BCUT2D eigenvalue weighted by Gasteiger charge is 2.09. The maximum absolute atomic E-state index is 13.2. The number of hydrogen-bond acceptors (Lipinski definition) is 3. The van der Waals surface area contributed by atoms with Crippen molar-refractivity contribution in [2.24, 2.45) is 0 Å². The lowest BCUT2D eigenvalue weighted by molar-refractivity contribution is 0.629. The first-order valence-corrected chi connectivity index (χ1v) is 6.87. The van der Waals surface area contributed by atoms with Gasteiger partial charge in [0.2, 0.25) is 0 Å². The molecule has 2 heterocycles. The quantitative estimate of drug-likeness (QED) is 0.719. The van der Waals surface area contributed by atoms with Gasteiger partial charge in [0.1, 0.15) is 17.7 Å². The van der Waals surface area contributed by atoms with Gasteiger partial charge in [-0.3, -0.25) is 0 Å². The van der Waals surface area contributed by atoms with E-state index in [1.54, 1.807) is 23.5 Å². The number of rotatable bonds is 2. The Labute approximate surface area is 119 Å². The summed E-state index contributed by atoms with van der Waals surface area (Å²) in [6.45, 7) is 1.99. The van der Waals surface area contributed by atoms with E-state index < -0.39 is 0 Å². The summed E-state index contributed by atoms with van der Waals surface area (Å²) in [7, 11) is 0. The van der Waals surface area contributed by atoms with E-state index in [1.807, 2.05) is 18.4 Å². The third-order valence-electron chi connectivity index (χ3n) is 3.00. The van der Waals surface area contributed by atoms with Gasteiger partial charge in [-0.05, 0) is 48.2 Å². The van der Waals surface area contributed by atoms with Crippen molar-refractivity contribution in [3.8, 4) is 6.07 Å². The molecule has 0 atom stereocenters. The molecule has 0 aliphatic carbocycles. The molecule has 5 heteroatoms. The van der Waals surface area contributed by atoms with E-state index in [2.05, 4.69) is 16.0 Å². The van der Waals surface area contributed by atoms with Crippen molar-refractivity contribution in [2.45, 2.75) is 6.92 Å². The minimum atomic E-state index is -0.329. The lowest BCUT2D eigenvalue weighted by Gasteiger charge is -1.93. The molecule has 0 spiro atoms. The lowest BCUT2D eigenvalue weighted by Crippen LogP contribution is -1.84. The largest absolute Gasteiger partial charge is 0.337 e. The first kappa shape index (κ1) is 12.6. The van der Waals surface area contributed by atoms with Gasteiger partial charge in [0.05, 0.1) is 16.6 Å². The molecule has 0 fully saturated rings. The number of nitrogens with one attached hydrogen (secondary N) is 1. The molecule has 0 unspecified atom stereocenters. The van der Waals surface area contributed by atoms with Gasteiger partial charge in [-0.2, -0.15) is 5.26 Å². The highest BCUT2D eigenvalue weighted by molar-refractivity contribution is 7.11. The molecule has 0 aliphatic heterocycles. The van der Waals surface area contributed by atoms with E-state index in [1.165, 1.54) is 12.1 Å². The van der Waals surface area contributed by atoms with E-state index in [4.69, 9.17) is 0 Å². The van der Waals surface area contributed by atoms with Crippen LogP contribution < -0.4 is 0 Å². The van der Waals surface area contributed by atoms with Gasteiger partial charge < -0.3 is 4.98 Å². The molecule has 0 amide bonds. The number of hydrogen-bond donors (Lipinski definition) is 1. The minimum absolute atomic E-state index is 0.329. The van der Waals surface area contributed by atoms with Crippen molar-refractivity contribution < 1.29 is 4.39 Å². The van der Waals surface area contributed by atoms with Crippen molar-refractivity contribution in [1.82, 2.24) is 9.97 Å². The normalized spacial score (nSPS) is 11.8. The molecule has 0 saturated carbocycles. The Balaban J connectivity index is 2.10. The monoisotopic (exact) mass is 283 g/mol. The standard InChI is InChI=1S/C15H10FN3S/c1-9-4-5-20-14(9)6-10(8-17)15-18-12-3-2-11(16)7-13(12)19-15/h2-7H,1H3,(H,18,19)/b10-6-. The van der Waals surface area contributed by atoms with Crippen LogP contribution in [-0.2, 0) is 0 Å². The molecule has 98 valence electrons. The number of benzene rings is 1. The van der Waals surface area contributed by atoms with Crippen LogP contribution in [0.3, 0.4) is 0 Å². The maximum Gasteiger partial charge on any atom is 0.149 e. The zero-order chi connectivity index (χ0) is 14.1. The lowest BCUT2D eigenvalue weighted by atomic mass is 10.2. The number of halogens is 1. The molecule has 3 aromatic rings. The smallest absolute Gasteiger partial charge is 0.149 e. The summed E-state index contributed by atoms with van der Waals surface area (Å²) in [5.74, 6) is 0.130. The van der Waals surface area contributed by atoms with Gasteiger partial charge in [-0.15, -0.1) is 11.3 Å². The highest BCUT2D eigenvalue weighted by Crippen LogP contribution is 2.24. The molecular formula is C15H10FN3S. The number of nitriles is 1. The Kier molecular flexibility index (Phi) is 3.09. The molecule has 1 N–H and O–H groups in total. The summed E-state index contributed by atoms with van der Waals surface area (Å²) in [5, 5.41) is 11.3. The van der Waals surface area contributed by atoms with E-state index in [0.717, 1.165) is 10.4 Å². The van der Waals surface area contributed by atoms with Crippen molar-refractivity contribution in [3.63, 3.8) is 0 Å². The van der Waals surface area contributed by atoms with Gasteiger partial charge in [0.15, 0.2) is 0 Å². The number of nitrogens with zero attached hydrogens (tertiary/aromatic N) is 2. The fourth-order valence-electron chi connectivity index (χ4n) is 1.93. The average molecular weight is 283 g/mol. The van der Waals surface area contributed by atoms with Crippen LogP contribution in [0.25, 0.3) is 22.7 Å². The topological polar surface area (TPSA) is 52.5 Å². The van der Waals surface area contributed by atoms with Crippen LogP contribution in [-0.4, -0.2) is 9.97 Å². The zero-order valence-electron chi connectivity index (χ0n) is 10.6. The van der Waals surface area contributed by atoms with Crippen LogP contribution in [0.15, 0.2) is 29.6 Å².